The second kappa shape index (κ2) is 6.89. The Morgan fingerprint density at radius 3 is 2.63 bits per heavy atom. The zero-order chi connectivity index (χ0) is 13.7. The fourth-order valence-electron chi connectivity index (χ4n) is 3.14. The topological polar surface area (TPSA) is 75.4 Å². The minimum Gasteiger partial charge on any atom is -0.368 e. The van der Waals surface area contributed by atoms with Crippen LogP contribution >= 0.6 is 0 Å². The summed E-state index contributed by atoms with van der Waals surface area (Å²) in [5.74, 6) is -0.264. The molecule has 108 valence electrons. The monoisotopic (exact) mass is 267 g/mol. The van der Waals surface area contributed by atoms with Crippen molar-refractivity contribution in [3.05, 3.63) is 0 Å². The predicted molar refractivity (Wildman–Crippen MR) is 73.4 cm³/mol. The number of amides is 2. The maximum absolute atomic E-state index is 12.2. The van der Waals surface area contributed by atoms with Crippen molar-refractivity contribution in [1.29, 1.82) is 0 Å². The van der Waals surface area contributed by atoms with Crippen LogP contribution in [-0.2, 0) is 9.59 Å². The van der Waals surface area contributed by atoms with Crippen LogP contribution in [0.4, 0.5) is 0 Å². The summed E-state index contributed by atoms with van der Waals surface area (Å²) in [5, 5.41) is 3.45. The van der Waals surface area contributed by atoms with E-state index in [2.05, 4.69) is 5.32 Å². The first kappa shape index (κ1) is 14.3. The van der Waals surface area contributed by atoms with Crippen LogP contribution in [0.15, 0.2) is 0 Å². The number of carbonyl (C=O) groups excluding carboxylic acids is 2. The summed E-state index contributed by atoms with van der Waals surface area (Å²) in [6.07, 6.45) is 7.75. The Labute approximate surface area is 114 Å². The fourth-order valence-corrected chi connectivity index (χ4v) is 3.14. The maximum atomic E-state index is 12.2. The average Bonchev–Trinajstić information content (AvgIpc) is 2.46. The van der Waals surface area contributed by atoms with E-state index in [0.717, 1.165) is 38.6 Å². The van der Waals surface area contributed by atoms with Crippen LogP contribution < -0.4 is 11.1 Å². The van der Waals surface area contributed by atoms with Gasteiger partial charge in [0.25, 0.3) is 0 Å². The lowest BCUT2D eigenvalue weighted by molar-refractivity contribution is -0.141. The van der Waals surface area contributed by atoms with E-state index in [0.29, 0.717) is 19.0 Å². The number of hydrogen-bond donors (Lipinski definition) is 2. The highest BCUT2D eigenvalue weighted by molar-refractivity contribution is 5.86. The summed E-state index contributed by atoms with van der Waals surface area (Å²) in [4.78, 5) is 25.3. The number of hydrogen-bond acceptors (Lipinski definition) is 3. The lowest BCUT2D eigenvalue weighted by Crippen LogP contribution is -2.50. The predicted octanol–water partition coefficient (Wildman–Crippen LogP) is 0.775. The van der Waals surface area contributed by atoms with E-state index in [1.165, 1.54) is 12.8 Å². The van der Waals surface area contributed by atoms with Gasteiger partial charge in [-0.05, 0) is 45.1 Å². The lowest BCUT2D eigenvalue weighted by atomic mass is 9.98. The van der Waals surface area contributed by atoms with Crippen LogP contribution in [0.2, 0.25) is 0 Å². The van der Waals surface area contributed by atoms with Crippen molar-refractivity contribution in [1.82, 2.24) is 10.2 Å². The van der Waals surface area contributed by atoms with Crippen LogP contribution in [0.3, 0.4) is 0 Å². The standard InChI is InChI=1S/C14H25N3O2/c15-14(19)12-6-2-4-10-17(12)13(18)8-7-11-5-1-3-9-16-11/h11-12,16H,1-10H2,(H2,15,19). The third-order valence-electron chi connectivity index (χ3n) is 4.27. The molecule has 0 radical (unpaired) electrons. The van der Waals surface area contributed by atoms with E-state index < -0.39 is 0 Å². The highest BCUT2D eigenvalue weighted by atomic mass is 16.2. The van der Waals surface area contributed by atoms with Gasteiger partial charge in [-0.1, -0.05) is 6.42 Å². The highest BCUT2D eigenvalue weighted by Gasteiger charge is 2.30. The number of primary amides is 1. The third-order valence-corrected chi connectivity index (χ3v) is 4.27. The van der Waals surface area contributed by atoms with E-state index in [-0.39, 0.29) is 17.9 Å². The number of nitrogens with two attached hydrogens (primary N) is 1. The number of piperidine rings is 2. The number of carbonyl (C=O) groups is 2. The smallest absolute Gasteiger partial charge is 0.240 e. The van der Waals surface area contributed by atoms with Gasteiger partial charge >= 0.3 is 0 Å². The zero-order valence-electron chi connectivity index (χ0n) is 11.6. The Hall–Kier alpha value is -1.10. The van der Waals surface area contributed by atoms with E-state index in [4.69, 9.17) is 5.73 Å². The average molecular weight is 267 g/mol. The van der Waals surface area contributed by atoms with Crippen molar-refractivity contribution >= 4 is 11.8 Å². The Morgan fingerprint density at radius 2 is 1.95 bits per heavy atom. The summed E-state index contributed by atoms with van der Waals surface area (Å²) in [6, 6.07) is 0.0927. The van der Waals surface area contributed by atoms with Crippen molar-refractivity contribution in [2.75, 3.05) is 13.1 Å². The van der Waals surface area contributed by atoms with Gasteiger partial charge in [0, 0.05) is 19.0 Å². The Morgan fingerprint density at radius 1 is 1.16 bits per heavy atom. The highest BCUT2D eigenvalue weighted by Crippen LogP contribution is 2.19. The largest absolute Gasteiger partial charge is 0.368 e. The molecule has 0 aliphatic carbocycles. The molecular formula is C14H25N3O2. The first-order chi connectivity index (χ1) is 9.18. The first-order valence-corrected chi connectivity index (χ1v) is 7.50. The van der Waals surface area contributed by atoms with Gasteiger partial charge in [0.1, 0.15) is 6.04 Å². The van der Waals surface area contributed by atoms with Crippen LogP contribution in [0.1, 0.15) is 51.4 Å². The van der Waals surface area contributed by atoms with Gasteiger partial charge in [-0.15, -0.1) is 0 Å². The van der Waals surface area contributed by atoms with Crippen molar-refractivity contribution < 1.29 is 9.59 Å². The fraction of sp³-hybridized carbons (Fsp3) is 0.857. The van der Waals surface area contributed by atoms with Crippen molar-refractivity contribution in [3.8, 4) is 0 Å². The molecule has 2 atom stereocenters. The van der Waals surface area contributed by atoms with Gasteiger partial charge in [0.15, 0.2) is 0 Å². The SMILES string of the molecule is NC(=O)C1CCCCN1C(=O)CCC1CCCCN1. The van der Waals surface area contributed by atoms with Crippen LogP contribution in [-0.4, -0.2) is 41.9 Å². The number of rotatable bonds is 4. The van der Waals surface area contributed by atoms with E-state index in [9.17, 15) is 9.59 Å². The Bertz CT molecular complexity index is 327. The molecule has 2 rings (SSSR count). The minimum atomic E-state index is -0.374. The van der Waals surface area contributed by atoms with Gasteiger partial charge in [0.2, 0.25) is 11.8 Å². The Kier molecular flexibility index (Phi) is 5.19. The van der Waals surface area contributed by atoms with Crippen LogP contribution in [0.5, 0.6) is 0 Å². The summed E-state index contributed by atoms with van der Waals surface area (Å²) in [6.45, 7) is 1.75. The van der Waals surface area contributed by atoms with Crippen molar-refractivity contribution in [2.24, 2.45) is 5.73 Å². The van der Waals surface area contributed by atoms with E-state index in [1.807, 2.05) is 0 Å². The number of nitrogens with one attached hydrogen (secondary N) is 1. The normalized spacial score (nSPS) is 28.1. The molecule has 0 aromatic heterocycles. The molecule has 5 nitrogen and oxygen atoms in total. The van der Waals surface area contributed by atoms with Crippen LogP contribution in [0, 0.1) is 0 Å². The number of likely N-dealkylation sites (tertiary alicyclic amines) is 1. The van der Waals surface area contributed by atoms with Gasteiger partial charge in [-0.25, -0.2) is 0 Å². The van der Waals surface area contributed by atoms with Gasteiger partial charge in [-0.2, -0.15) is 0 Å². The number of nitrogens with zero attached hydrogens (tertiary/aromatic N) is 1. The molecule has 2 heterocycles. The second-order valence-electron chi connectivity index (χ2n) is 5.69. The summed E-state index contributed by atoms with van der Waals surface area (Å²) in [5.41, 5.74) is 5.39. The van der Waals surface area contributed by atoms with Crippen molar-refractivity contribution in [3.63, 3.8) is 0 Å². The summed E-state index contributed by atoms with van der Waals surface area (Å²) >= 11 is 0. The molecule has 2 aliphatic rings. The second-order valence-corrected chi connectivity index (χ2v) is 5.69. The van der Waals surface area contributed by atoms with E-state index >= 15 is 0 Å². The molecule has 2 amide bonds. The molecule has 0 aromatic carbocycles. The molecule has 3 N–H and O–H groups in total. The summed E-state index contributed by atoms with van der Waals surface area (Å²) < 4.78 is 0. The molecule has 0 spiro atoms. The van der Waals surface area contributed by atoms with Gasteiger partial charge in [-0.3, -0.25) is 9.59 Å². The molecule has 2 fully saturated rings. The lowest BCUT2D eigenvalue weighted by Gasteiger charge is -2.34. The minimum absolute atomic E-state index is 0.0934. The third kappa shape index (κ3) is 3.93. The molecule has 19 heavy (non-hydrogen) atoms. The quantitative estimate of drug-likeness (QED) is 0.790. The molecule has 2 unspecified atom stereocenters. The molecule has 5 heteroatoms. The van der Waals surface area contributed by atoms with Crippen LogP contribution in [0.25, 0.3) is 0 Å². The van der Waals surface area contributed by atoms with E-state index in [1.54, 1.807) is 4.90 Å². The molecule has 0 bridgehead atoms. The first-order valence-electron chi connectivity index (χ1n) is 7.50. The molecule has 0 aromatic rings. The maximum Gasteiger partial charge on any atom is 0.240 e. The zero-order valence-corrected chi connectivity index (χ0v) is 11.6. The molecule has 2 saturated heterocycles. The van der Waals surface area contributed by atoms with Gasteiger partial charge < -0.3 is 16.0 Å². The van der Waals surface area contributed by atoms with Crippen molar-refractivity contribution in [2.45, 2.75) is 63.5 Å². The Balaban J connectivity index is 1.81. The summed E-state index contributed by atoms with van der Waals surface area (Å²) in [7, 11) is 0. The molecule has 2 aliphatic heterocycles. The molecule has 0 saturated carbocycles. The van der Waals surface area contributed by atoms with Gasteiger partial charge in [0.05, 0.1) is 0 Å². The molecular weight excluding hydrogens is 242 g/mol.